The zero-order valence-corrected chi connectivity index (χ0v) is 16.3. The predicted octanol–water partition coefficient (Wildman–Crippen LogP) is 2.55. The lowest BCUT2D eigenvalue weighted by Gasteiger charge is -2.27. The highest BCUT2D eigenvalue weighted by atomic mass is 32.2. The zero-order chi connectivity index (χ0) is 18.6. The van der Waals surface area contributed by atoms with Crippen molar-refractivity contribution >= 4 is 15.7 Å². The van der Waals surface area contributed by atoms with E-state index in [4.69, 9.17) is 0 Å². The van der Waals surface area contributed by atoms with Gasteiger partial charge in [0.25, 0.3) is 10.0 Å². The number of rotatable bonds is 6. The third kappa shape index (κ3) is 4.84. The molecule has 2 aromatic rings. The van der Waals surface area contributed by atoms with Crippen LogP contribution >= 0.6 is 0 Å². The van der Waals surface area contributed by atoms with Crippen LogP contribution in [0.5, 0.6) is 0 Å². The molecule has 0 aromatic heterocycles. The fourth-order valence-corrected chi connectivity index (χ4v) is 4.56. The van der Waals surface area contributed by atoms with Gasteiger partial charge in [-0.25, -0.2) is 8.42 Å². The van der Waals surface area contributed by atoms with Crippen LogP contribution in [-0.4, -0.2) is 46.0 Å². The summed E-state index contributed by atoms with van der Waals surface area (Å²) in [4.78, 5) is 2.79. The van der Waals surface area contributed by atoms with Crippen LogP contribution < -0.4 is 10.0 Å². The Morgan fingerprint density at radius 3 is 2.42 bits per heavy atom. The molecule has 0 amide bonds. The molecule has 1 aliphatic heterocycles. The van der Waals surface area contributed by atoms with E-state index in [0.717, 1.165) is 50.3 Å². The summed E-state index contributed by atoms with van der Waals surface area (Å²) in [6.07, 6.45) is 0.976. The van der Waals surface area contributed by atoms with E-state index in [0.29, 0.717) is 10.6 Å². The fraction of sp³-hybridized carbons (Fsp3) is 0.400. The van der Waals surface area contributed by atoms with E-state index in [-0.39, 0.29) is 0 Å². The highest BCUT2D eigenvalue weighted by Crippen LogP contribution is 2.21. The highest BCUT2D eigenvalue weighted by molar-refractivity contribution is 7.92. The molecule has 1 aliphatic rings. The quantitative estimate of drug-likeness (QED) is 0.817. The third-order valence-electron chi connectivity index (χ3n) is 4.77. The molecule has 26 heavy (non-hydrogen) atoms. The maximum absolute atomic E-state index is 12.7. The van der Waals surface area contributed by atoms with Gasteiger partial charge in [0.1, 0.15) is 0 Å². The van der Waals surface area contributed by atoms with Crippen molar-refractivity contribution < 1.29 is 8.42 Å². The minimum atomic E-state index is -3.57. The van der Waals surface area contributed by atoms with Crippen LogP contribution in [0, 0.1) is 13.8 Å². The molecule has 1 fully saturated rings. The Balaban J connectivity index is 1.64. The molecule has 0 atom stereocenters. The van der Waals surface area contributed by atoms with Gasteiger partial charge in [0.2, 0.25) is 0 Å². The maximum atomic E-state index is 12.7. The van der Waals surface area contributed by atoms with E-state index < -0.39 is 10.0 Å². The van der Waals surface area contributed by atoms with Crippen molar-refractivity contribution in [2.75, 3.05) is 37.4 Å². The van der Waals surface area contributed by atoms with Gasteiger partial charge in [-0.15, -0.1) is 0 Å². The monoisotopic (exact) mass is 373 g/mol. The number of nitrogens with one attached hydrogen (secondary N) is 2. The van der Waals surface area contributed by atoms with Gasteiger partial charge in [-0.1, -0.05) is 24.3 Å². The molecule has 0 bridgehead atoms. The lowest BCUT2D eigenvalue weighted by Crippen LogP contribution is -2.44. The predicted molar refractivity (Wildman–Crippen MR) is 106 cm³/mol. The molecule has 1 heterocycles. The molecule has 6 heteroatoms. The number of hydrogen-bond acceptors (Lipinski definition) is 4. The normalized spacial score (nSPS) is 15.8. The zero-order valence-electron chi connectivity index (χ0n) is 15.5. The minimum Gasteiger partial charge on any atom is -0.314 e. The van der Waals surface area contributed by atoms with Gasteiger partial charge in [0, 0.05) is 38.4 Å². The Kier molecular flexibility index (Phi) is 5.96. The van der Waals surface area contributed by atoms with Gasteiger partial charge < -0.3 is 10.2 Å². The lowest BCUT2D eigenvalue weighted by molar-refractivity contribution is 0.244. The van der Waals surface area contributed by atoms with E-state index in [1.165, 1.54) is 5.56 Å². The molecule has 0 saturated carbocycles. The van der Waals surface area contributed by atoms with Crippen molar-refractivity contribution in [3.05, 3.63) is 59.2 Å². The van der Waals surface area contributed by atoms with Crippen LogP contribution in [0.15, 0.2) is 47.4 Å². The Morgan fingerprint density at radius 1 is 1.04 bits per heavy atom. The summed E-state index contributed by atoms with van der Waals surface area (Å²) in [5.74, 6) is 0. The first-order chi connectivity index (χ1) is 12.4. The average molecular weight is 374 g/mol. The summed E-state index contributed by atoms with van der Waals surface area (Å²) in [6.45, 7) is 9.04. The first-order valence-corrected chi connectivity index (χ1v) is 10.5. The van der Waals surface area contributed by atoms with Crippen LogP contribution in [0.3, 0.4) is 0 Å². The van der Waals surface area contributed by atoms with Crippen LogP contribution in [0.1, 0.15) is 16.7 Å². The fourth-order valence-electron chi connectivity index (χ4n) is 3.17. The second-order valence-corrected chi connectivity index (χ2v) is 8.56. The topological polar surface area (TPSA) is 61.4 Å². The van der Waals surface area contributed by atoms with Gasteiger partial charge in [0.15, 0.2) is 0 Å². The first kappa shape index (κ1) is 18.9. The number of hydrogen-bond donors (Lipinski definition) is 2. The molecule has 0 unspecified atom stereocenters. The number of nitrogens with zero attached hydrogens (tertiary/aromatic N) is 1. The molecule has 140 valence electrons. The van der Waals surface area contributed by atoms with Gasteiger partial charge in [-0.05, 0) is 55.2 Å². The van der Waals surface area contributed by atoms with Crippen molar-refractivity contribution in [2.24, 2.45) is 0 Å². The van der Waals surface area contributed by atoms with Crippen molar-refractivity contribution in [3.63, 3.8) is 0 Å². The summed E-state index contributed by atoms with van der Waals surface area (Å²) in [7, 11) is -3.57. The Morgan fingerprint density at radius 2 is 1.73 bits per heavy atom. The summed E-state index contributed by atoms with van der Waals surface area (Å²) >= 11 is 0. The number of anilines is 1. The maximum Gasteiger partial charge on any atom is 0.262 e. The molecule has 5 nitrogen and oxygen atoms in total. The molecule has 2 N–H and O–H groups in total. The van der Waals surface area contributed by atoms with Crippen LogP contribution in [0.25, 0.3) is 0 Å². The van der Waals surface area contributed by atoms with E-state index in [2.05, 4.69) is 14.9 Å². The summed E-state index contributed by atoms with van der Waals surface area (Å²) < 4.78 is 28.0. The first-order valence-electron chi connectivity index (χ1n) is 9.06. The molecular formula is C20H27N3O2S. The van der Waals surface area contributed by atoms with E-state index in [1.54, 1.807) is 6.07 Å². The summed E-state index contributed by atoms with van der Waals surface area (Å²) in [5.41, 5.74) is 3.49. The van der Waals surface area contributed by atoms with Crippen LogP contribution in [0.2, 0.25) is 0 Å². The Bertz CT molecular complexity index is 842. The van der Waals surface area contributed by atoms with Gasteiger partial charge in [-0.2, -0.15) is 0 Å². The van der Waals surface area contributed by atoms with Crippen molar-refractivity contribution in [1.29, 1.82) is 0 Å². The molecule has 0 spiro atoms. The Labute approximate surface area is 156 Å². The minimum absolute atomic E-state index is 0.334. The van der Waals surface area contributed by atoms with Crippen molar-refractivity contribution in [1.82, 2.24) is 10.2 Å². The number of benzene rings is 2. The third-order valence-corrected chi connectivity index (χ3v) is 6.29. The van der Waals surface area contributed by atoms with Crippen molar-refractivity contribution in [2.45, 2.75) is 25.2 Å². The second kappa shape index (κ2) is 8.20. The SMILES string of the molecule is Cc1ccc(C)c(S(=O)(=O)Nc2ccc(CCN3CCNCC3)cc2)c1. The molecule has 1 saturated heterocycles. The van der Waals surface area contributed by atoms with Crippen LogP contribution in [0.4, 0.5) is 5.69 Å². The van der Waals surface area contributed by atoms with E-state index >= 15 is 0 Å². The molecular weight excluding hydrogens is 346 g/mol. The standard InChI is InChI=1S/C20H27N3O2S/c1-16-3-4-17(2)20(15-16)26(24,25)22-19-7-5-18(6-8-19)9-12-23-13-10-21-11-14-23/h3-8,15,21-22H,9-14H2,1-2H3. The molecule has 2 aromatic carbocycles. The van der Waals surface area contributed by atoms with Gasteiger partial charge in [0.05, 0.1) is 4.90 Å². The molecule has 3 rings (SSSR count). The number of aryl methyl sites for hydroxylation is 2. The van der Waals surface area contributed by atoms with Gasteiger partial charge >= 0.3 is 0 Å². The van der Waals surface area contributed by atoms with Gasteiger partial charge in [-0.3, -0.25) is 4.72 Å². The average Bonchev–Trinajstić information content (AvgIpc) is 2.64. The lowest BCUT2D eigenvalue weighted by atomic mass is 10.1. The molecule has 0 radical (unpaired) electrons. The number of sulfonamides is 1. The largest absolute Gasteiger partial charge is 0.314 e. The smallest absolute Gasteiger partial charge is 0.262 e. The van der Waals surface area contributed by atoms with E-state index in [1.807, 2.05) is 50.2 Å². The number of piperazine rings is 1. The van der Waals surface area contributed by atoms with E-state index in [9.17, 15) is 8.42 Å². The summed E-state index contributed by atoms with van der Waals surface area (Å²) in [5, 5.41) is 3.36. The van der Waals surface area contributed by atoms with Crippen molar-refractivity contribution in [3.8, 4) is 0 Å². The van der Waals surface area contributed by atoms with Crippen LogP contribution in [-0.2, 0) is 16.4 Å². The Hall–Kier alpha value is -1.89. The second-order valence-electron chi connectivity index (χ2n) is 6.91. The highest BCUT2D eigenvalue weighted by Gasteiger charge is 2.17. The molecule has 0 aliphatic carbocycles. The summed E-state index contributed by atoms with van der Waals surface area (Å²) in [6, 6.07) is 13.2.